The number of hydrogen-bond donors (Lipinski definition) is 2. The molecule has 0 fully saturated rings. The van der Waals surface area contributed by atoms with Gasteiger partial charge in [-0.15, -0.1) is 10.2 Å². The van der Waals surface area contributed by atoms with Gasteiger partial charge in [0.15, 0.2) is 0 Å². The first kappa shape index (κ1) is 20.5. The molecule has 0 aliphatic rings. The van der Waals surface area contributed by atoms with Crippen molar-refractivity contribution in [3.05, 3.63) is 72.8 Å². The van der Waals surface area contributed by atoms with Crippen molar-refractivity contribution in [2.45, 2.75) is 4.90 Å². The fraction of sp³-hybridized carbons (Fsp3) is 0.0952. The lowest BCUT2D eigenvalue weighted by Crippen LogP contribution is -2.18. The topological polar surface area (TPSA) is 111 Å². The minimum Gasteiger partial charge on any atom is -0.457 e. The minimum absolute atomic E-state index is 0.106. The molecule has 3 aromatic carbocycles. The fourth-order valence-corrected chi connectivity index (χ4v) is 3.64. The molecule has 0 bridgehead atoms. The Bertz CT molecular complexity index is 1290. The van der Waals surface area contributed by atoms with Gasteiger partial charge in [0.25, 0.3) is 0 Å². The smallest absolute Gasteiger partial charge is 0.240 e. The molecule has 1 heterocycles. The lowest BCUT2D eigenvalue weighted by molar-refractivity contribution is 0.483. The van der Waals surface area contributed by atoms with Gasteiger partial charge in [-0.25, -0.2) is 13.1 Å². The molecule has 10 heteroatoms. The van der Waals surface area contributed by atoms with E-state index in [1.54, 1.807) is 13.1 Å². The highest BCUT2D eigenvalue weighted by molar-refractivity contribution is 7.89. The summed E-state index contributed by atoms with van der Waals surface area (Å²) in [4.78, 5) is 1.42. The Labute approximate surface area is 179 Å². The van der Waals surface area contributed by atoms with Crippen molar-refractivity contribution in [1.82, 2.24) is 24.9 Å². The van der Waals surface area contributed by atoms with Crippen LogP contribution in [0.2, 0.25) is 0 Å². The molecule has 0 radical (unpaired) electrons. The van der Waals surface area contributed by atoms with Crippen LogP contribution in [-0.4, -0.2) is 35.7 Å². The van der Waals surface area contributed by atoms with E-state index in [4.69, 9.17) is 4.74 Å². The number of sulfonamides is 1. The average molecular weight is 436 g/mol. The van der Waals surface area contributed by atoms with E-state index in [0.29, 0.717) is 22.8 Å². The van der Waals surface area contributed by atoms with Crippen molar-refractivity contribution in [1.29, 1.82) is 0 Å². The Morgan fingerprint density at radius 2 is 1.65 bits per heavy atom. The third kappa shape index (κ3) is 4.71. The van der Waals surface area contributed by atoms with Crippen molar-refractivity contribution < 1.29 is 13.2 Å². The molecule has 4 rings (SSSR count). The summed E-state index contributed by atoms with van der Waals surface area (Å²) in [7, 11) is -0.620. The Morgan fingerprint density at radius 1 is 0.935 bits per heavy atom. The SMILES string of the molecule is CNS(=O)(=O)c1ccc(Nc2ccc(Oc3ccccc3)cc2)c(-c2nnn(C)n2)c1. The summed E-state index contributed by atoms with van der Waals surface area (Å²) in [6.45, 7) is 0. The minimum atomic E-state index is -3.62. The van der Waals surface area contributed by atoms with Crippen LogP contribution in [0.3, 0.4) is 0 Å². The first-order chi connectivity index (χ1) is 14.9. The van der Waals surface area contributed by atoms with Crippen LogP contribution in [0, 0.1) is 0 Å². The van der Waals surface area contributed by atoms with Gasteiger partial charge in [0.05, 0.1) is 11.9 Å². The van der Waals surface area contributed by atoms with Gasteiger partial charge in [0.1, 0.15) is 11.5 Å². The summed E-state index contributed by atoms with van der Waals surface area (Å²) in [5.41, 5.74) is 1.93. The van der Waals surface area contributed by atoms with Crippen molar-refractivity contribution >= 4 is 21.4 Å². The number of nitrogens with one attached hydrogen (secondary N) is 2. The zero-order chi connectivity index (χ0) is 21.8. The second kappa shape index (κ2) is 8.54. The maximum atomic E-state index is 12.2. The molecule has 0 unspecified atom stereocenters. The van der Waals surface area contributed by atoms with Crippen LogP contribution < -0.4 is 14.8 Å². The van der Waals surface area contributed by atoms with E-state index in [-0.39, 0.29) is 4.90 Å². The molecule has 158 valence electrons. The first-order valence-electron chi connectivity index (χ1n) is 9.36. The van der Waals surface area contributed by atoms with E-state index >= 15 is 0 Å². The summed E-state index contributed by atoms with van der Waals surface area (Å²) in [5.74, 6) is 1.76. The maximum Gasteiger partial charge on any atom is 0.240 e. The van der Waals surface area contributed by atoms with E-state index in [0.717, 1.165) is 11.4 Å². The first-order valence-corrected chi connectivity index (χ1v) is 10.8. The van der Waals surface area contributed by atoms with E-state index in [1.165, 1.54) is 24.0 Å². The molecule has 0 saturated carbocycles. The van der Waals surface area contributed by atoms with Crippen LogP contribution in [0.25, 0.3) is 11.4 Å². The van der Waals surface area contributed by atoms with E-state index in [9.17, 15) is 8.42 Å². The molecule has 0 saturated heterocycles. The quantitative estimate of drug-likeness (QED) is 0.457. The van der Waals surface area contributed by atoms with Crippen LogP contribution in [0.15, 0.2) is 77.7 Å². The average Bonchev–Trinajstić information content (AvgIpc) is 3.22. The lowest BCUT2D eigenvalue weighted by Gasteiger charge is -2.13. The van der Waals surface area contributed by atoms with Gasteiger partial charge in [-0.05, 0) is 66.9 Å². The number of hydrogen-bond acceptors (Lipinski definition) is 7. The standard InChI is InChI=1S/C21H20N6O3S/c1-22-31(28,29)18-12-13-20(19(14-18)21-24-26-27(2)25-21)23-15-8-10-17(11-9-15)30-16-6-4-3-5-7-16/h3-14,22-23H,1-2H3. The predicted octanol–water partition coefficient (Wildman–Crippen LogP) is 3.32. The molecule has 31 heavy (non-hydrogen) atoms. The molecule has 0 amide bonds. The Hall–Kier alpha value is -3.76. The van der Waals surface area contributed by atoms with Gasteiger partial charge in [-0.3, -0.25) is 0 Å². The number of anilines is 2. The zero-order valence-electron chi connectivity index (χ0n) is 16.9. The van der Waals surface area contributed by atoms with Crippen LogP contribution in [0.1, 0.15) is 0 Å². The third-order valence-electron chi connectivity index (χ3n) is 4.43. The monoisotopic (exact) mass is 436 g/mol. The molecular weight excluding hydrogens is 416 g/mol. The Morgan fingerprint density at radius 3 is 2.29 bits per heavy atom. The molecule has 4 aromatic rings. The number of nitrogens with zero attached hydrogens (tertiary/aromatic N) is 4. The number of ether oxygens (including phenoxy) is 1. The molecule has 0 aliphatic heterocycles. The molecule has 0 spiro atoms. The van der Waals surface area contributed by atoms with E-state index in [2.05, 4.69) is 25.4 Å². The largest absolute Gasteiger partial charge is 0.457 e. The van der Waals surface area contributed by atoms with Crippen molar-refractivity contribution in [3.8, 4) is 22.9 Å². The van der Waals surface area contributed by atoms with Gasteiger partial charge >= 0.3 is 0 Å². The third-order valence-corrected chi connectivity index (χ3v) is 5.84. The zero-order valence-corrected chi connectivity index (χ0v) is 17.7. The summed E-state index contributed by atoms with van der Waals surface area (Å²) >= 11 is 0. The van der Waals surface area contributed by atoms with Crippen LogP contribution in [0.4, 0.5) is 11.4 Å². The van der Waals surface area contributed by atoms with Gasteiger partial charge in [-0.1, -0.05) is 18.2 Å². The highest BCUT2D eigenvalue weighted by Gasteiger charge is 2.18. The van der Waals surface area contributed by atoms with Crippen molar-refractivity contribution in [2.75, 3.05) is 12.4 Å². The van der Waals surface area contributed by atoms with Gasteiger partial charge < -0.3 is 10.1 Å². The summed E-state index contributed by atoms with van der Waals surface area (Å²) in [5, 5.41) is 15.4. The fourth-order valence-electron chi connectivity index (χ4n) is 2.88. The van der Waals surface area contributed by atoms with Crippen LogP contribution in [-0.2, 0) is 17.1 Å². The summed E-state index contributed by atoms with van der Waals surface area (Å²) < 4.78 is 32.6. The lowest BCUT2D eigenvalue weighted by atomic mass is 10.1. The highest BCUT2D eigenvalue weighted by atomic mass is 32.2. The van der Waals surface area contributed by atoms with Gasteiger partial charge in [0.2, 0.25) is 15.8 Å². The highest BCUT2D eigenvalue weighted by Crippen LogP contribution is 2.31. The molecule has 1 aromatic heterocycles. The van der Waals surface area contributed by atoms with Crippen molar-refractivity contribution in [3.63, 3.8) is 0 Å². The van der Waals surface area contributed by atoms with Gasteiger partial charge in [-0.2, -0.15) is 4.80 Å². The maximum absolute atomic E-state index is 12.2. The molecule has 9 nitrogen and oxygen atoms in total. The van der Waals surface area contributed by atoms with Crippen LogP contribution >= 0.6 is 0 Å². The second-order valence-corrected chi connectivity index (χ2v) is 8.47. The number of aryl methyl sites for hydroxylation is 1. The van der Waals surface area contributed by atoms with Crippen molar-refractivity contribution in [2.24, 2.45) is 7.05 Å². The molecule has 0 atom stereocenters. The predicted molar refractivity (Wildman–Crippen MR) is 117 cm³/mol. The summed E-state index contributed by atoms with van der Waals surface area (Å²) in [6.07, 6.45) is 0. The second-order valence-electron chi connectivity index (χ2n) is 6.58. The molecule has 0 aliphatic carbocycles. The van der Waals surface area contributed by atoms with E-state index < -0.39 is 10.0 Å². The summed E-state index contributed by atoms with van der Waals surface area (Å²) in [6, 6.07) is 21.6. The number of rotatable bonds is 7. The van der Waals surface area contributed by atoms with Crippen LogP contribution in [0.5, 0.6) is 11.5 Å². The number of para-hydroxylation sites is 1. The Balaban J connectivity index is 1.63. The normalized spacial score (nSPS) is 11.3. The van der Waals surface area contributed by atoms with Gasteiger partial charge in [0, 0.05) is 16.9 Å². The van der Waals surface area contributed by atoms with E-state index in [1.807, 2.05) is 54.6 Å². The number of benzene rings is 3. The number of aromatic nitrogens is 4. The molecule has 2 N–H and O–H groups in total. The number of tetrazole rings is 1. The Kier molecular flexibility index (Phi) is 5.65. The molecular formula is C21H20N6O3S.